The Morgan fingerprint density at radius 3 is 2.94 bits per heavy atom. The van der Waals surface area contributed by atoms with Crippen molar-refractivity contribution >= 4 is 5.91 Å². The lowest BCUT2D eigenvalue weighted by atomic mass is 10.2. The molecule has 1 unspecified atom stereocenters. The minimum Gasteiger partial charge on any atom is -0.461 e. The lowest BCUT2D eigenvalue weighted by Crippen LogP contribution is -2.39. The molecule has 1 amide bonds. The molecule has 18 heavy (non-hydrogen) atoms. The highest BCUT2D eigenvalue weighted by molar-refractivity contribution is 5.93. The van der Waals surface area contributed by atoms with Crippen molar-refractivity contribution in [3.8, 4) is 11.5 Å². The quantitative estimate of drug-likeness (QED) is 0.884. The van der Waals surface area contributed by atoms with E-state index in [1.807, 2.05) is 6.92 Å². The molecule has 2 N–H and O–H groups in total. The molecule has 0 aliphatic carbocycles. The fourth-order valence-corrected chi connectivity index (χ4v) is 1.45. The first-order valence-electron chi connectivity index (χ1n) is 5.61. The SMILES string of the molecule is CC(CN)N(C)C(=O)c1cc(-c2ccco2)on1. The van der Waals surface area contributed by atoms with Crippen molar-refractivity contribution < 1.29 is 13.7 Å². The highest BCUT2D eigenvalue weighted by atomic mass is 16.5. The fraction of sp³-hybridized carbons (Fsp3) is 0.333. The Labute approximate surface area is 104 Å². The zero-order valence-electron chi connectivity index (χ0n) is 10.3. The van der Waals surface area contributed by atoms with E-state index in [1.165, 1.54) is 11.2 Å². The molecular weight excluding hydrogens is 234 g/mol. The third kappa shape index (κ3) is 2.28. The van der Waals surface area contributed by atoms with Crippen LogP contribution in [-0.4, -0.2) is 35.6 Å². The van der Waals surface area contributed by atoms with Gasteiger partial charge < -0.3 is 19.6 Å². The van der Waals surface area contributed by atoms with Crippen LogP contribution in [0, 0.1) is 0 Å². The molecule has 0 aromatic carbocycles. The Bertz CT molecular complexity index is 518. The summed E-state index contributed by atoms with van der Waals surface area (Å²) in [7, 11) is 1.68. The molecule has 0 saturated carbocycles. The van der Waals surface area contributed by atoms with E-state index in [0.29, 0.717) is 18.1 Å². The molecule has 2 aromatic heterocycles. The number of carbonyl (C=O) groups is 1. The van der Waals surface area contributed by atoms with Crippen molar-refractivity contribution in [1.82, 2.24) is 10.1 Å². The molecule has 96 valence electrons. The lowest BCUT2D eigenvalue weighted by Gasteiger charge is -2.22. The van der Waals surface area contributed by atoms with Crippen LogP contribution in [0.4, 0.5) is 0 Å². The third-order valence-electron chi connectivity index (χ3n) is 2.82. The summed E-state index contributed by atoms with van der Waals surface area (Å²) in [4.78, 5) is 13.6. The van der Waals surface area contributed by atoms with Gasteiger partial charge in [0.15, 0.2) is 11.5 Å². The molecule has 0 aliphatic heterocycles. The van der Waals surface area contributed by atoms with Gasteiger partial charge in [0.2, 0.25) is 5.76 Å². The van der Waals surface area contributed by atoms with Gasteiger partial charge >= 0.3 is 0 Å². The number of hydrogen-bond acceptors (Lipinski definition) is 5. The van der Waals surface area contributed by atoms with Gasteiger partial charge in [0.1, 0.15) is 0 Å². The average molecular weight is 249 g/mol. The maximum atomic E-state index is 12.0. The zero-order chi connectivity index (χ0) is 13.1. The smallest absolute Gasteiger partial charge is 0.276 e. The minimum atomic E-state index is -0.227. The molecule has 2 heterocycles. The second-order valence-corrected chi connectivity index (χ2v) is 4.05. The van der Waals surface area contributed by atoms with Gasteiger partial charge in [0.05, 0.1) is 6.26 Å². The van der Waals surface area contributed by atoms with Gasteiger partial charge in [-0.2, -0.15) is 0 Å². The van der Waals surface area contributed by atoms with Crippen LogP contribution in [0.25, 0.3) is 11.5 Å². The molecular formula is C12H15N3O3. The topological polar surface area (TPSA) is 85.5 Å². The number of rotatable bonds is 4. The Morgan fingerprint density at radius 2 is 2.33 bits per heavy atom. The predicted octanol–water partition coefficient (Wildman–Crippen LogP) is 1.35. The summed E-state index contributed by atoms with van der Waals surface area (Å²) >= 11 is 0. The second kappa shape index (κ2) is 5.05. The second-order valence-electron chi connectivity index (χ2n) is 4.05. The maximum absolute atomic E-state index is 12.0. The zero-order valence-corrected chi connectivity index (χ0v) is 10.3. The van der Waals surface area contributed by atoms with Gasteiger partial charge in [-0.15, -0.1) is 0 Å². The molecule has 2 rings (SSSR count). The number of amides is 1. The van der Waals surface area contributed by atoms with Crippen molar-refractivity contribution in [2.75, 3.05) is 13.6 Å². The third-order valence-corrected chi connectivity index (χ3v) is 2.82. The van der Waals surface area contributed by atoms with Gasteiger partial charge in [-0.25, -0.2) is 0 Å². The van der Waals surface area contributed by atoms with E-state index in [0.717, 1.165) is 0 Å². The average Bonchev–Trinajstić information content (AvgIpc) is 3.05. The summed E-state index contributed by atoms with van der Waals surface area (Å²) in [6.07, 6.45) is 1.53. The number of aromatic nitrogens is 1. The highest BCUT2D eigenvalue weighted by Crippen LogP contribution is 2.21. The molecule has 0 bridgehead atoms. The van der Waals surface area contributed by atoms with Crippen LogP contribution in [-0.2, 0) is 0 Å². The monoisotopic (exact) mass is 249 g/mol. The molecule has 2 aromatic rings. The number of hydrogen-bond donors (Lipinski definition) is 1. The molecule has 6 nitrogen and oxygen atoms in total. The van der Waals surface area contributed by atoms with Crippen molar-refractivity contribution in [1.29, 1.82) is 0 Å². The van der Waals surface area contributed by atoms with Crippen LogP contribution < -0.4 is 5.73 Å². The summed E-state index contributed by atoms with van der Waals surface area (Å²) < 4.78 is 10.2. The number of nitrogens with two attached hydrogens (primary N) is 1. The first kappa shape index (κ1) is 12.4. The largest absolute Gasteiger partial charge is 0.461 e. The van der Waals surface area contributed by atoms with E-state index in [2.05, 4.69) is 5.16 Å². The first-order valence-corrected chi connectivity index (χ1v) is 5.61. The van der Waals surface area contributed by atoms with Crippen molar-refractivity contribution in [3.63, 3.8) is 0 Å². The normalized spacial score (nSPS) is 12.4. The van der Waals surface area contributed by atoms with E-state index < -0.39 is 0 Å². The lowest BCUT2D eigenvalue weighted by molar-refractivity contribution is 0.0738. The molecule has 0 aliphatic rings. The van der Waals surface area contributed by atoms with E-state index in [4.69, 9.17) is 14.7 Å². The van der Waals surface area contributed by atoms with Crippen LogP contribution >= 0.6 is 0 Å². The molecule has 1 atom stereocenters. The van der Waals surface area contributed by atoms with Gasteiger partial charge in [-0.3, -0.25) is 4.79 Å². The highest BCUT2D eigenvalue weighted by Gasteiger charge is 2.21. The van der Waals surface area contributed by atoms with Crippen LogP contribution in [0.5, 0.6) is 0 Å². The van der Waals surface area contributed by atoms with E-state index >= 15 is 0 Å². The summed E-state index contributed by atoms with van der Waals surface area (Å²) in [6, 6.07) is 4.98. The van der Waals surface area contributed by atoms with Crippen LogP contribution in [0.15, 0.2) is 33.4 Å². The minimum absolute atomic E-state index is 0.0544. The van der Waals surface area contributed by atoms with E-state index in [1.54, 1.807) is 25.2 Å². The van der Waals surface area contributed by atoms with Gasteiger partial charge in [-0.1, -0.05) is 5.16 Å². The van der Waals surface area contributed by atoms with Gasteiger partial charge in [-0.05, 0) is 19.1 Å². The Morgan fingerprint density at radius 1 is 1.56 bits per heavy atom. The maximum Gasteiger partial charge on any atom is 0.276 e. The number of carbonyl (C=O) groups excluding carboxylic acids is 1. The Hall–Kier alpha value is -2.08. The number of furan rings is 1. The van der Waals surface area contributed by atoms with E-state index in [9.17, 15) is 4.79 Å². The standard InChI is InChI=1S/C12H15N3O3/c1-8(7-13)15(2)12(16)9-6-11(18-14-9)10-4-3-5-17-10/h3-6,8H,7,13H2,1-2H3. The molecule has 0 radical (unpaired) electrons. The summed E-state index contributed by atoms with van der Waals surface area (Å²) in [6.45, 7) is 2.26. The number of nitrogens with zero attached hydrogens (tertiary/aromatic N) is 2. The predicted molar refractivity (Wildman–Crippen MR) is 64.8 cm³/mol. The van der Waals surface area contributed by atoms with E-state index in [-0.39, 0.29) is 17.6 Å². The van der Waals surface area contributed by atoms with Gasteiger partial charge in [0, 0.05) is 25.7 Å². The van der Waals surface area contributed by atoms with Gasteiger partial charge in [0.25, 0.3) is 5.91 Å². The molecule has 6 heteroatoms. The van der Waals surface area contributed by atoms with Crippen LogP contribution in [0.1, 0.15) is 17.4 Å². The van der Waals surface area contributed by atoms with Crippen molar-refractivity contribution in [2.24, 2.45) is 5.73 Å². The summed E-state index contributed by atoms with van der Waals surface area (Å²) in [5.41, 5.74) is 5.76. The van der Waals surface area contributed by atoms with Crippen LogP contribution in [0.3, 0.4) is 0 Å². The number of likely N-dealkylation sites (N-methyl/N-ethyl adjacent to an activating group) is 1. The van der Waals surface area contributed by atoms with Crippen molar-refractivity contribution in [2.45, 2.75) is 13.0 Å². The first-order chi connectivity index (χ1) is 8.63. The van der Waals surface area contributed by atoms with Crippen LogP contribution in [0.2, 0.25) is 0 Å². The molecule has 0 spiro atoms. The summed E-state index contributed by atoms with van der Waals surface area (Å²) in [5, 5.41) is 3.74. The Balaban J connectivity index is 2.18. The molecule has 0 saturated heterocycles. The van der Waals surface area contributed by atoms with Crippen molar-refractivity contribution in [3.05, 3.63) is 30.2 Å². The molecule has 0 fully saturated rings. The summed E-state index contributed by atoms with van der Waals surface area (Å²) in [5.74, 6) is 0.739. The Kier molecular flexibility index (Phi) is 3.47. The fourth-order valence-electron chi connectivity index (χ4n) is 1.45.